The van der Waals surface area contributed by atoms with Crippen molar-refractivity contribution in [2.75, 3.05) is 13.2 Å². The monoisotopic (exact) mass is 345 g/mol. The summed E-state index contributed by atoms with van der Waals surface area (Å²) in [6.07, 6.45) is 4.69. The molecule has 1 heterocycles. The second-order valence-electron chi connectivity index (χ2n) is 6.01. The molecule has 0 aromatic heterocycles. The van der Waals surface area contributed by atoms with Gasteiger partial charge in [-0.2, -0.15) is 0 Å². The summed E-state index contributed by atoms with van der Waals surface area (Å²) in [7, 11) is 0. The predicted molar refractivity (Wildman–Crippen MR) is 83.8 cm³/mol. The number of ketones is 1. The summed E-state index contributed by atoms with van der Waals surface area (Å²) in [5.74, 6) is -3.37. The van der Waals surface area contributed by atoms with Gasteiger partial charge in [0.15, 0.2) is 12.4 Å². The highest BCUT2D eigenvalue weighted by molar-refractivity contribution is 6.07. The number of imide groups is 1. The molecule has 2 atom stereocenters. The maximum Gasteiger partial charge on any atom is 0.326 e. The van der Waals surface area contributed by atoms with E-state index in [1.165, 1.54) is 12.1 Å². The van der Waals surface area contributed by atoms with E-state index in [0.717, 1.165) is 17.0 Å². The van der Waals surface area contributed by atoms with Crippen molar-refractivity contribution in [2.45, 2.75) is 12.8 Å². The Hall–Kier alpha value is -2.83. The third-order valence-corrected chi connectivity index (χ3v) is 4.42. The standard InChI is InChI=1S/C18H16FNO5/c19-12-7-5-11(6-8-12)15(21)10-25-16(22)9-20-17(23)13-3-1-2-4-14(13)18(20)24/h1-2,5-8,13-14H,3-4,9-10H2/t13-,14-/m0/s1. The Morgan fingerprint density at radius 2 is 1.60 bits per heavy atom. The van der Waals surface area contributed by atoms with Crippen LogP contribution in [-0.4, -0.2) is 41.6 Å². The van der Waals surface area contributed by atoms with Crippen LogP contribution in [0.4, 0.5) is 4.39 Å². The molecule has 1 aromatic carbocycles. The van der Waals surface area contributed by atoms with Crippen molar-refractivity contribution in [3.8, 4) is 0 Å². The SMILES string of the molecule is O=C(CN1C(=O)[C@H]2CC=CC[C@@H]2C1=O)OCC(=O)c1ccc(F)cc1. The quantitative estimate of drug-likeness (QED) is 0.350. The third kappa shape index (κ3) is 3.50. The van der Waals surface area contributed by atoms with Crippen LogP contribution in [0.3, 0.4) is 0 Å². The number of carbonyl (C=O) groups is 4. The molecule has 2 aliphatic rings. The molecule has 1 aliphatic heterocycles. The lowest BCUT2D eigenvalue weighted by Gasteiger charge is -2.14. The number of hydrogen-bond acceptors (Lipinski definition) is 5. The molecule has 130 valence electrons. The molecule has 0 radical (unpaired) electrons. The molecule has 0 N–H and O–H groups in total. The van der Waals surface area contributed by atoms with E-state index in [-0.39, 0.29) is 17.4 Å². The van der Waals surface area contributed by atoms with E-state index in [9.17, 15) is 23.6 Å². The molecule has 1 fully saturated rings. The molecule has 1 aliphatic carbocycles. The molecule has 1 aromatic rings. The lowest BCUT2D eigenvalue weighted by atomic mass is 9.85. The maximum absolute atomic E-state index is 12.8. The Morgan fingerprint density at radius 3 is 2.16 bits per heavy atom. The van der Waals surface area contributed by atoms with Crippen molar-refractivity contribution < 1.29 is 28.3 Å². The molecular weight excluding hydrogens is 329 g/mol. The number of esters is 1. The van der Waals surface area contributed by atoms with Crippen molar-refractivity contribution in [3.63, 3.8) is 0 Å². The van der Waals surface area contributed by atoms with Gasteiger partial charge in [-0.05, 0) is 37.1 Å². The summed E-state index contributed by atoms with van der Waals surface area (Å²) in [6, 6.07) is 4.84. The topological polar surface area (TPSA) is 80.8 Å². The van der Waals surface area contributed by atoms with Gasteiger partial charge >= 0.3 is 5.97 Å². The van der Waals surface area contributed by atoms with Gasteiger partial charge < -0.3 is 4.74 Å². The summed E-state index contributed by atoms with van der Waals surface area (Å²) in [4.78, 5) is 49.2. The first kappa shape index (κ1) is 17.0. The highest BCUT2D eigenvalue weighted by Crippen LogP contribution is 2.34. The van der Waals surface area contributed by atoms with Gasteiger partial charge in [0, 0.05) is 5.56 Å². The summed E-state index contributed by atoms with van der Waals surface area (Å²) in [5.41, 5.74) is 0.208. The van der Waals surface area contributed by atoms with E-state index in [0.29, 0.717) is 12.8 Å². The number of nitrogens with zero attached hydrogens (tertiary/aromatic N) is 1. The number of benzene rings is 1. The van der Waals surface area contributed by atoms with Crippen molar-refractivity contribution in [2.24, 2.45) is 11.8 Å². The largest absolute Gasteiger partial charge is 0.456 e. The van der Waals surface area contributed by atoms with E-state index in [1.54, 1.807) is 0 Å². The number of ether oxygens (including phenoxy) is 1. The van der Waals surface area contributed by atoms with Crippen LogP contribution in [0, 0.1) is 17.7 Å². The van der Waals surface area contributed by atoms with Gasteiger partial charge in [-0.25, -0.2) is 4.39 Å². The van der Waals surface area contributed by atoms with Gasteiger partial charge in [0.2, 0.25) is 11.8 Å². The molecule has 7 heteroatoms. The number of likely N-dealkylation sites (tertiary alicyclic amines) is 1. The second kappa shape index (κ2) is 6.96. The van der Waals surface area contributed by atoms with E-state index < -0.39 is 42.6 Å². The normalized spacial score (nSPS) is 22.0. The van der Waals surface area contributed by atoms with E-state index in [1.807, 2.05) is 12.2 Å². The molecule has 3 rings (SSSR count). The lowest BCUT2D eigenvalue weighted by molar-refractivity contribution is -0.152. The number of carbonyl (C=O) groups excluding carboxylic acids is 4. The number of hydrogen-bond donors (Lipinski definition) is 0. The van der Waals surface area contributed by atoms with Gasteiger partial charge in [0.25, 0.3) is 0 Å². The second-order valence-corrected chi connectivity index (χ2v) is 6.01. The number of amides is 2. The Bertz CT molecular complexity index is 729. The summed E-state index contributed by atoms with van der Waals surface area (Å²) in [5, 5.41) is 0. The lowest BCUT2D eigenvalue weighted by Crippen LogP contribution is -2.37. The number of Topliss-reactive ketones (excluding diaryl/α,β-unsaturated/α-hetero) is 1. The average Bonchev–Trinajstić information content (AvgIpc) is 2.86. The Morgan fingerprint density at radius 1 is 1.04 bits per heavy atom. The first-order chi connectivity index (χ1) is 12.0. The molecule has 0 saturated carbocycles. The van der Waals surface area contributed by atoms with Crippen molar-refractivity contribution in [1.82, 2.24) is 4.90 Å². The zero-order valence-corrected chi connectivity index (χ0v) is 13.3. The van der Waals surface area contributed by atoms with Crippen molar-refractivity contribution >= 4 is 23.6 Å². The minimum absolute atomic E-state index is 0.208. The highest BCUT2D eigenvalue weighted by atomic mass is 19.1. The van der Waals surface area contributed by atoms with Crippen molar-refractivity contribution in [3.05, 3.63) is 47.8 Å². The zero-order chi connectivity index (χ0) is 18.0. The van der Waals surface area contributed by atoms with E-state index >= 15 is 0 Å². The molecule has 0 spiro atoms. The van der Waals surface area contributed by atoms with E-state index in [4.69, 9.17) is 4.74 Å². The first-order valence-electron chi connectivity index (χ1n) is 7.92. The minimum Gasteiger partial charge on any atom is -0.456 e. The highest BCUT2D eigenvalue weighted by Gasteiger charge is 2.47. The van der Waals surface area contributed by atoms with Crippen LogP contribution >= 0.6 is 0 Å². The molecule has 1 saturated heterocycles. The average molecular weight is 345 g/mol. The van der Waals surface area contributed by atoms with Crippen LogP contribution in [-0.2, 0) is 19.1 Å². The van der Waals surface area contributed by atoms with E-state index in [2.05, 4.69) is 0 Å². The maximum atomic E-state index is 12.8. The first-order valence-corrected chi connectivity index (χ1v) is 7.92. The molecule has 6 nitrogen and oxygen atoms in total. The number of halogens is 1. The van der Waals surface area contributed by atoms with Gasteiger partial charge in [-0.15, -0.1) is 0 Å². The van der Waals surface area contributed by atoms with Crippen LogP contribution in [0.15, 0.2) is 36.4 Å². The van der Waals surface area contributed by atoms with Gasteiger partial charge in [0.05, 0.1) is 11.8 Å². The molecule has 25 heavy (non-hydrogen) atoms. The van der Waals surface area contributed by atoms with Gasteiger partial charge in [0.1, 0.15) is 12.4 Å². The van der Waals surface area contributed by atoms with Crippen LogP contribution in [0.25, 0.3) is 0 Å². The molecule has 0 bridgehead atoms. The Kier molecular flexibility index (Phi) is 4.74. The summed E-state index contributed by atoms with van der Waals surface area (Å²) < 4.78 is 17.7. The van der Waals surface area contributed by atoms with Crippen molar-refractivity contribution in [1.29, 1.82) is 0 Å². The number of fused-ring (bicyclic) bond motifs is 1. The smallest absolute Gasteiger partial charge is 0.326 e. The van der Waals surface area contributed by atoms with Gasteiger partial charge in [-0.3, -0.25) is 24.1 Å². The number of rotatable bonds is 5. The Balaban J connectivity index is 1.54. The summed E-state index contributed by atoms with van der Waals surface area (Å²) in [6.45, 7) is -1.03. The summed E-state index contributed by atoms with van der Waals surface area (Å²) >= 11 is 0. The van der Waals surface area contributed by atoms with Crippen LogP contribution < -0.4 is 0 Å². The molecule has 2 amide bonds. The fourth-order valence-electron chi connectivity index (χ4n) is 3.06. The van der Waals surface area contributed by atoms with Gasteiger partial charge in [-0.1, -0.05) is 12.2 Å². The van der Waals surface area contributed by atoms with Crippen LogP contribution in [0.1, 0.15) is 23.2 Å². The van der Waals surface area contributed by atoms with Crippen LogP contribution in [0.2, 0.25) is 0 Å². The Labute approximate surface area is 143 Å². The third-order valence-electron chi connectivity index (χ3n) is 4.42. The van der Waals surface area contributed by atoms with Crippen LogP contribution in [0.5, 0.6) is 0 Å². The fraction of sp³-hybridized carbons (Fsp3) is 0.333. The number of allylic oxidation sites excluding steroid dienone is 2. The molecule has 0 unspecified atom stereocenters. The fourth-order valence-corrected chi connectivity index (χ4v) is 3.06. The minimum atomic E-state index is -0.830. The molecular formula is C18H16FNO5. The zero-order valence-electron chi connectivity index (χ0n) is 13.3. The predicted octanol–water partition coefficient (Wildman–Crippen LogP) is 1.50.